The number of anilines is 3. The van der Waals surface area contributed by atoms with Crippen molar-refractivity contribution in [2.75, 3.05) is 30.4 Å². The summed E-state index contributed by atoms with van der Waals surface area (Å²) >= 11 is 0. The van der Waals surface area contributed by atoms with Crippen LogP contribution in [0.4, 0.5) is 21.8 Å². The lowest BCUT2D eigenvalue weighted by Crippen LogP contribution is -2.37. The average Bonchev–Trinajstić information content (AvgIpc) is 3.47. The van der Waals surface area contributed by atoms with Gasteiger partial charge in [0, 0.05) is 48.9 Å². The largest absolute Gasteiger partial charge is 0.421 e. The Morgan fingerprint density at radius 3 is 2.74 bits per heavy atom. The number of piperidine rings is 1. The van der Waals surface area contributed by atoms with Crippen LogP contribution in [0.5, 0.6) is 11.8 Å². The maximum Gasteiger partial charge on any atom is 0.326 e. The zero-order chi connectivity index (χ0) is 24.4. The lowest BCUT2D eigenvalue weighted by atomic mass is 10.1. The molecule has 10 heteroatoms. The van der Waals surface area contributed by atoms with Crippen molar-refractivity contribution in [2.24, 2.45) is 0 Å². The van der Waals surface area contributed by atoms with E-state index in [4.69, 9.17) is 9.47 Å². The van der Waals surface area contributed by atoms with E-state index >= 15 is 4.39 Å². The van der Waals surface area contributed by atoms with E-state index in [0.717, 1.165) is 37.3 Å². The fourth-order valence-electron chi connectivity index (χ4n) is 4.27. The van der Waals surface area contributed by atoms with Crippen LogP contribution in [0.15, 0.2) is 36.4 Å². The van der Waals surface area contributed by atoms with Crippen molar-refractivity contribution in [1.82, 2.24) is 25.1 Å². The summed E-state index contributed by atoms with van der Waals surface area (Å²) in [4.78, 5) is 14.4. The van der Waals surface area contributed by atoms with Crippen LogP contribution in [0.2, 0.25) is 0 Å². The first-order chi connectivity index (χ1) is 17.0. The number of hydrogen-bond acceptors (Lipinski definition) is 7. The van der Waals surface area contributed by atoms with Crippen molar-refractivity contribution in [2.45, 2.75) is 32.8 Å². The van der Waals surface area contributed by atoms with Crippen LogP contribution >= 0.6 is 0 Å². The minimum Gasteiger partial charge on any atom is -0.421 e. The summed E-state index contributed by atoms with van der Waals surface area (Å²) in [5.74, 6) is 1.39. The monoisotopic (exact) mass is 477 g/mol. The SMILES string of the molecule is C/C=C/c1cc(Nc2cc(N3CCC(OC)CC3)nc(Oc3ccc4[nH]c(C)cc4c3F)n2)n[nH]1. The first-order valence-electron chi connectivity index (χ1n) is 11.6. The highest BCUT2D eigenvalue weighted by atomic mass is 19.1. The molecule has 4 aromatic rings. The number of aromatic amines is 2. The Hall–Kier alpha value is -3.92. The maximum absolute atomic E-state index is 15.2. The number of halogens is 1. The molecule has 0 aliphatic carbocycles. The summed E-state index contributed by atoms with van der Waals surface area (Å²) in [6.45, 7) is 5.39. The molecular formula is C25H28FN7O2. The number of nitrogens with zero attached hydrogens (tertiary/aromatic N) is 4. The molecule has 35 heavy (non-hydrogen) atoms. The Morgan fingerprint density at radius 2 is 1.97 bits per heavy atom. The number of methoxy groups -OCH3 is 1. The maximum atomic E-state index is 15.2. The summed E-state index contributed by atoms with van der Waals surface area (Å²) in [6.07, 6.45) is 5.86. The molecule has 0 saturated carbocycles. The van der Waals surface area contributed by atoms with Crippen molar-refractivity contribution in [3.8, 4) is 11.8 Å². The van der Waals surface area contributed by atoms with Crippen molar-refractivity contribution < 1.29 is 13.9 Å². The van der Waals surface area contributed by atoms with Crippen molar-refractivity contribution >= 4 is 34.4 Å². The Labute approximate surface area is 202 Å². The number of benzene rings is 1. The highest BCUT2D eigenvalue weighted by molar-refractivity contribution is 5.82. The highest BCUT2D eigenvalue weighted by Crippen LogP contribution is 2.32. The molecule has 0 unspecified atom stereocenters. The van der Waals surface area contributed by atoms with Crippen LogP contribution in [-0.2, 0) is 4.74 Å². The van der Waals surface area contributed by atoms with Gasteiger partial charge in [-0.1, -0.05) is 6.08 Å². The number of aryl methyl sites for hydroxylation is 1. The van der Waals surface area contributed by atoms with Gasteiger partial charge in [-0.2, -0.15) is 15.1 Å². The summed E-state index contributed by atoms with van der Waals surface area (Å²) in [6, 6.07) is 8.88. The van der Waals surface area contributed by atoms with Crippen LogP contribution in [0, 0.1) is 12.7 Å². The van der Waals surface area contributed by atoms with Gasteiger partial charge in [0.25, 0.3) is 0 Å². The molecule has 182 valence electrons. The Kier molecular flexibility index (Phi) is 6.37. The second-order valence-electron chi connectivity index (χ2n) is 8.54. The van der Waals surface area contributed by atoms with Crippen molar-refractivity contribution in [1.29, 1.82) is 0 Å². The lowest BCUT2D eigenvalue weighted by molar-refractivity contribution is 0.0818. The summed E-state index contributed by atoms with van der Waals surface area (Å²) in [7, 11) is 1.74. The first-order valence-corrected chi connectivity index (χ1v) is 11.6. The highest BCUT2D eigenvalue weighted by Gasteiger charge is 2.22. The van der Waals surface area contributed by atoms with Crippen molar-refractivity contribution in [3.63, 3.8) is 0 Å². The standard InChI is InChI=1S/C25H28FN7O2/c1-4-5-16-13-22(32-31-16)28-21-14-23(33-10-8-17(34-3)9-11-33)30-25(29-21)35-20-7-6-19-18(24(20)26)12-15(2)27-19/h4-7,12-14,17,27H,8-11H2,1-3H3,(H2,28,29,30,31,32)/b5-4+. The lowest BCUT2D eigenvalue weighted by Gasteiger charge is -2.32. The molecule has 0 spiro atoms. The van der Waals surface area contributed by atoms with Crippen LogP contribution < -0.4 is 15.0 Å². The molecule has 1 aliphatic rings. The molecule has 9 nitrogen and oxygen atoms in total. The molecule has 1 aromatic carbocycles. The number of aromatic nitrogens is 5. The Morgan fingerprint density at radius 1 is 1.14 bits per heavy atom. The zero-order valence-corrected chi connectivity index (χ0v) is 19.9. The minimum absolute atomic E-state index is 0.0496. The van der Waals surface area contributed by atoms with E-state index in [1.54, 1.807) is 25.3 Å². The second kappa shape index (κ2) is 9.75. The molecule has 1 fully saturated rings. The van der Waals surface area contributed by atoms with Gasteiger partial charge in [0.2, 0.25) is 0 Å². The minimum atomic E-state index is -0.459. The van der Waals surface area contributed by atoms with E-state index in [-0.39, 0.29) is 17.9 Å². The van der Waals surface area contributed by atoms with Gasteiger partial charge in [0.1, 0.15) is 11.6 Å². The predicted molar refractivity (Wildman–Crippen MR) is 134 cm³/mol. The number of allylic oxidation sites excluding steroid dienone is 1. The number of H-pyrrole nitrogens is 2. The van der Waals surface area contributed by atoms with Crippen LogP contribution in [0.1, 0.15) is 31.2 Å². The molecule has 1 aliphatic heterocycles. The number of ether oxygens (including phenoxy) is 2. The van der Waals surface area contributed by atoms with E-state index in [0.29, 0.717) is 28.4 Å². The Bertz CT molecular complexity index is 1360. The topological polar surface area (TPSA) is 104 Å². The van der Waals surface area contributed by atoms with E-state index < -0.39 is 5.82 Å². The number of hydrogen-bond donors (Lipinski definition) is 3. The van der Waals surface area contributed by atoms with E-state index in [2.05, 4.69) is 35.4 Å². The van der Waals surface area contributed by atoms with Gasteiger partial charge in [-0.25, -0.2) is 4.39 Å². The van der Waals surface area contributed by atoms with Gasteiger partial charge in [0.15, 0.2) is 17.4 Å². The van der Waals surface area contributed by atoms with Gasteiger partial charge >= 0.3 is 6.01 Å². The predicted octanol–water partition coefficient (Wildman–Crippen LogP) is 5.31. The summed E-state index contributed by atoms with van der Waals surface area (Å²) in [5, 5.41) is 10.9. The number of nitrogens with one attached hydrogen (secondary N) is 3. The van der Waals surface area contributed by atoms with Gasteiger partial charge in [0.05, 0.1) is 11.8 Å². The molecule has 1 saturated heterocycles. The molecule has 0 bridgehead atoms. The molecule has 3 aromatic heterocycles. The molecule has 0 amide bonds. The molecule has 0 atom stereocenters. The number of rotatable bonds is 7. The zero-order valence-electron chi connectivity index (χ0n) is 19.9. The molecule has 4 heterocycles. The normalized spacial score (nSPS) is 14.8. The van der Waals surface area contributed by atoms with E-state index in [9.17, 15) is 0 Å². The molecule has 5 rings (SSSR count). The van der Waals surface area contributed by atoms with Gasteiger partial charge < -0.3 is 24.7 Å². The van der Waals surface area contributed by atoms with E-state index in [1.807, 2.05) is 38.1 Å². The smallest absolute Gasteiger partial charge is 0.326 e. The molecule has 3 N–H and O–H groups in total. The third-order valence-electron chi connectivity index (χ3n) is 6.03. The van der Waals surface area contributed by atoms with Crippen LogP contribution in [0.25, 0.3) is 17.0 Å². The second-order valence-corrected chi connectivity index (χ2v) is 8.54. The third kappa shape index (κ3) is 4.97. The summed E-state index contributed by atoms with van der Waals surface area (Å²) < 4.78 is 26.5. The van der Waals surface area contributed by atoms with E-state index in [1.165, 1.54) is 0 Å². The van der Waals surface area contributed by atoms with Gasteiger partial charge in [-0.05, 0) is 51.0 Å². The molecule has 0 radical (unpaired) electrons. The Balaban J connectivity index is 1.47. The van der Waals surface area contributed by atoms with Crippen LogP contribution in [0.3, 0.4) is 0 Å². The summed E-state index contributed by atoms with van der Waals surface area (Å²) in [5.41, 5.74) is 2.44. The van der Waals surface area contributed by atoms with Gasteiger partial charge in [-0.3, -0.25) is 5.10 Å². The quantitative estimate of drug-likeness (QED) is 0.331. The van der Waals surface area contributed by atoms with Crippen LogP contribution in [-0.4, -0.2) is 51.5 Å². The van der Waals surface area contributed by atoms with Crippen molar-refractivity contribution in [3.05, 3.63) is 53.6 Å². The molecular weight excluding hydrogens is 449 g/mol. The fourth-order valence-corrected chi connectivity index (χ4v) is 4.27. The fraction of sp³-hybridized carbons (Fsp3) is 0.320. The third-order valence-corrected chi connectivity index (χ3v) is 6.03. The van der Waals surface area contributed by atoms with Gasteiger partial charge in [-0.15, -0.1) is 0 Å². The number of fused-ring (bicyclic) bond motifs is 1. The average molecular weight is 478 g/mol. The first kappa shape index (κ1) is 22.9.